The quantitative estimate of drug-likeness (QED) is 0.617. The van der Waals surface area contributed by atoms with Crippen LogP contribution in [-0.4, -0.2) is 20.5 Å². The highest BCUT2D eigenvalue weighted by molar-refractivity contribution is 7.88. The minimum absolute atomic E-state index is 0.0846. The van der Waals surface area contributed by atoms with Crippen LogP contribution in [0.2, 0.25) is 0 Å². The van der Waals surface area contributed by atoms with Gasteiger partial charge in [0.15, 0.2) is 0 Å². The largest absolute Gasteiger partial charge is 0.496 e. The number of sulfonamides is 1. The summed E-state index contributed by atoms with van der Waals surface area (Å²) in [6.07, 6.45) is 0. The summed E-state index contributed by atoms with van der Waals surface area (Å²) in [6.45, 7) is 0.0846. The van der Waals surface area contributed by atoms with Crippen LogP contribution >= 0.6 is 0 Å². The van der Waals surface area contributed by atoms with E-state index in [0.29, 0.717) is 16.9 Å². The van der Waals surface area contributed by atoms with Gasteiger partial charge in [-0.05, 0) is 11.6 Å². The molecule has 2 aromatic rings. The average molecular weight is 336 g/mol. The normalized spacial score (nSPS) is 11.2. The van der Waals surface area contributed by atoms with E-state index in [4.69, 9.17) is 4.74 Å². The zero-order chi connectivity index (χ0) is 16.9. The highest BCUT2D eigenvalue weighted by Gasteiger charge is 2.15. The molecule has 2 rings (SSSR count). The van der Waals surface area contributed by atoms with E-state index >= 15 is 0 Å². The first kappa shape index (κ1) is 16.9. The number of nitrogens with zero attached hydrogens (tertiary/aromatic N) is 1. The van der Waals surface area contributed by atoms with Gasteiger partial charge in [0, 0.05) is 24.2 Å². The van der Waals surface area contributed by atoms with Crippen LogP contribution in [0.4, 0.5) is 5.69 Å². The molecule has 0 unspecified atom stereocenters. The first-order valence-corrected chi connectivity index (χ1v) is 8.39. The number of ether oxygens (including phenoxy) is 1. The number of benzene rings is 2. The van der Waals surface area contributed by atoms with Crippen molar-refractivity contribution in [3.63, 3.8) is 0 Å². The van der Waals surface area contributed by atoms with Gasteiger partial charge in [0.05, 0.1) is 17.8 Å². The molecule has 0 heterocycles. The molecule has 0 spiro atoms. The summed E-state index contributed by atoms with van der Waals surface area (Å²) in [5.41, 5.74) is 0.923. The van der Waals surface area contributed by atoms with Gasteiger partial charge in [-0.1, -0.05) is 30.3 Å². The van der Waals surface area contributed by atoms with Crippen molar-refractivity contribution in [2.24, 2.45) is 0 Å². The molecule has 23 heavy (non-hydrogen) atoms. The predicted molar refractivity (Wildman–Crippen MR) is 85.6 cm³/mol. The van der Waals surface area contributed by atoms with Crippen LogP contribution in [0.25, 0.3) is 0 Å². The maximum absolute atomic E-state index is 12.1. The summed E-state index contributed by atoms with van der Waals surface area (Å²) < 4.78 is 31.9. The van der Waals surface area contributed by atoms with E-state index in [1.54, 1.807) is 24.3 Å². The second-order valence-corrected chi connectivity index (χ2v) is 6.63. The second kappa shape index (κ2) is 7.21. The van der Waals surface area contributed by atoms with Crippen molar-refractivity contribution in [3.8, 4) is 5.75 Å². The minimum Gasteiger partial charge on any atom is -0.496 e. The fourth-order valence-electron chi connectivity index (χ4n) is 2.07. The minimum atomic E-state index is -3.63. The van der Waals surface area contributed by atoms with Gasteiger partial charge in [-0.3, -0.25) is 10.1 Å². The third-order valence-corrected chi connectivity index (χ3v) is 4.45. The van der Waals surface area contributed by atoms with Crippen molar-refractivity contribution in [1.29, 1.82) is 0 Å². The maximum atomic E-state index is 12.1. The average Bonchev–Trinajstić information content (AvgIpc) is 2.53. The zero-order valence-electron chi connectivity index (χ0n) is 12.4. The van der Waals surface area contributed by atoms with Crippen molar-refractivity contribution in [1.82, 2.24) is 4.72 Å². The van der Waals surface area contributed by atoms with E-state index in [0.717, 1.165) is 0 Å². The molecule has 0 aliphatic rings. The maximum Gasteiger partial charge on any atom is 0.269 e. The molecule has 122 valence electrons. The fraction of sp³-hybridized carbons (Fsp3) is 0.200. The Labute approximate surface area is 134 Å². The van der Waals surface area contributed by atoms with Crippen LogP contribution in [0.5, 0.6) is 5.75 Å². The summed E-state index contributed by atoms with van der Waals surface area (Å²) in [4.78, 5) is 10.2. The van der Waals surface area contributed by atoms with E-state index in [2.05, 4.69) is 4.72 Å². The summed E-state index contributed by atoms with van der Waals surface area (Å²) in [5, 5.41) is 10.7. The van der Waals surface area contributed by atoms with Gasteiger partial charge in [-0.2, -0.15) is 0 Å². The van der Waals surface area contributed by atoms with Crippen LogP contribution in [0.1, 0.15) is 11.1 Å². The molecule has 0 amide bonds. The molecular weight excluding hydrogens is 320 g/mol. The summed E-state index contributed by atoms with van der Waals surface area (Å²) in [7, 11) is -2.12. The van der Waals surface area contributed by atoms with Crippen molar-refractivity contribution in [3.05, 3.63) is 69.8 Å². The Bertz CT molecular complexity index is 805. The van der Waals surface area contributed by atoms with Crippen LogP contribution in [-0.2, 0) is 22.3 Å². The van der Waals surface area contributed by atoms with Gasteiger partial charge < -0.3 is 4.74 Å². The monoisotopic (exact) mass is 336 g/mol. The van der Waals surface area contributed by atoms with E-state index in [1.165, 1.54) is 31.4 Å². The molecular formula is C15H16N2O5S. The zero-order valence-corrected chi connectivity index (χ0v) is 13.2. The van der Waals surface area contributed by atoms with Crippen molar-refractivity contribution in [2.45, 2.75) is 12.3 Å². The molecule has 0 fully saturated rings. The number of nitro groups is 1. The van der Waals surface area contributed by atoms with Gasteiger partial charge in [0.1, 0.15) is 5.75 Å². The molecule has 0 saturated heterocycles. The first-order chi connectivity index (χ1) is 10.9. The molecule has 0 aliphatic carbocycles. The number of para-hydroxylation sites is 1. The Morgan fingerprint density at radius 1 is 1.17 bits per heavy atom. The lowest BCUT2D eigenvalue weighted by atomic mass is 10.2. The van der Waals surface area contributed by atoms with Crippen LogP contribution in [0.3, 0.4) is 0 Å². The van der Waals surface area contributed by atoms with E-state index in [9.17, 15) is 18.5 Å². The van der Waals surface area contributed by atoms with Gasteiger partial charge >= 0.3 is 0 Å². The molecule has 0 bridgehead atoms. The van der Waals surface area contributed by atoms with Crippen molar-refractivity contribution >= 4 is 15.7 Å². The lowest BCUT2D eigenvalue weighted by Crippen LogP contribution is -2.25. The fourth-order valence-corrected chi connectivity index (χ4v) is 3.16. The highest BCUT2D eigenvalue weighted by atomic mass is 32.2. The molecule has 1 N–H and O–H groups in total. The molecule has 0 saturated carbocycles. The standard InChI is InChI=1S/C15H16N2O5S/c1-22-15-8-3-2-6-13(15)10-16-23(20,21)11-12-5-4-7-14(9-12)17(18)19/h2-9,16H,10-11H2,1H3. The predicted octanol–water partition coefficient (Wildman–Crippen LogP) is 2.22. The molecule has 0 radical (unpaired) electrons. The van der Waals surface area contributed by atoms with Gasteiger partial charge in [0.2, 0.25) is 10.0 Å². The van der Waals surface area contributed by atoms with Gasteiger partial charge in [0.25, 0.3) is 5.69 Å². The number of nitro benzene ring substituents is 1. The summed E-state index contributed by atoms with van der Waals surface area (Å²) in [6, 6.07) is 12.6. The molecule has 7 nitrogen and oxygen atoms in total. The third-order valence-electron chi connectivity index (χ3n) is 3.15. The van der Waals surface area contributed by atoms with E-state index in [1.807, 2.05) is 0 Å². The Hall–Kier alpha value is -2.45. The van der Waals surface area contributed by atoms with Gasteiger partial charge in [-0.15, -0.1) is 0 Å². The van der Waals surface area contributed by atoms with Crippen molar-refractivity contribution in [2.75, 3.05) is 7.11 Å². The molecule has 0 atom stereocenters. The van der Waals surface area contributed by atoms with Crippen molar-refractivity contribution < 1.29 is 18.1 Å². The van der Waals surface area contributed by atoms with Crippen LogP contribution in [0, 0.1) is 10.1 Å². The second-order valence-electron chi connectivity index (χ2n) is 4.82. The topological polar surface area (TPSA) is 98.5 Å². The number of hydrogen-bond acceptors (Lipinski definition) is 5. The third kappa shape index (κ3) is 4.76. The number of nitrogens with one attached hydrogen (secondary N) is 1. The number of methoxy groups -OCH3 is 1. The SMILES string of the molecule is COc1ccccc1CNS(=O)(=O)Cc1cccc([N+](=O)[O-])c1. The molecule has 2 aromatic carbocycles. The Morgan fingerprint density at radius 2 is 1.91 bits per heavy atom. The van der Waals surface area contributed by atoms with Crippen LogP contribution in [0.15, 0.2) is 48.5 Å². The Kier molecular flexibility index (Phi) is 5.30. The number of non-ortho nitro benzene ring substituents is 1. The van der Waals surface area contributed by atoms with Crippen LogP contribution < -0.4 is 9.46 Å². The van der Waals surface area contributed by atoms with E-state index in [-0.39, 0.29) is 18.0 Å². The Morgan fingerprint density at radius 3 is 2.61 bits per heavy atom. The number of hydrogen-bond donors (Lipinski definition) is 1. The summed E-state index contributed by atoms with van der Waals surface area (Å²) >= 11 is 0. The summed E-state index contributed by atoms with van der Waals surface area (Å²) in [5.74, 6) is 0.259. The Balaban J connectivity index is 2.08. The smallest absolute Gasteiger partial charge is 0.269 e. The lowest BCUT2D eigenvalue weighted by Gasteiger charge is -2.10. The molecule has 8 heteroatoms. The first-order valence-electron chi connectivity index (χ1n) is 6.74. The molecule has 0 aromatic heterocycles. The number of rotatable bonds is 7. The lowest BCUT2D eigenvalue weighted by molar-refractivity contribution is -0.384. The van der Waals surface area contributed by atoms with Gasteiger partial charge in [-0.25, -0.2) is 13.1 Å². The molecule has 0 aliphatic heterocycles. The van der Waals surface area contributed by atoms with E-state index < -0.39 is 14.9 Å². The highest BCUT2D eigenvalue weighted by Crippen LogP contribution is 2.18.